The fourth-order valence-electron chi connectivity index (χ4n) is 1.97. The molecule has 0 heterocycles. The van der Waals surface area contributed by atoms with E-state index >= 15 is 0 Å². The van der Waals surface area contributed by atoms with Crippen LogP contribution >= 0.6 is 0 Å². The number of hydrogen-bond donors (Lipinski definition) is 2. The van der Waals surface area contributed by atoms with Gasteiger partial charge in [-0.3, -0.25) is 14.4 Å². The van der Waals surface area contributed by atoms with Gasteiger partial charge in [-0.25, -0.2) is 8.42 Å². The quantitative estimate of drug-likeness (QED) is 0.748. The van der Waals surface area contributed by atoms with Crippen molar-refractivity contribution in [1.82, 2.24) is 4.47 Å². The summed E-state index contributed by atoms with van der Waals surface area (Å²) in [6.45, 7) is 0. The van der Waals surface area contributed by atoms with Crippen LogP contribution in [0.4, 0.5) is 5.69 Å². The predicted octanol–water partition coefficient (Wildman–Crippen LogP) is 1.22. The monoisotopic (exact) mass is 363 g/mol. The number of nitrogens with one attached hydrogen (secondary N) is 1. The molecule has 2 aromatic rings. The van der Waals surface area contributed by atoms with Crippen LogP contribution < -0.4 is 11.1 Å². The van der Waals surface area contributed by atoms with Crippen LogP contribution in [0.3, 0.4) is 0 Å². The number of rotatable bonds is 6. The summed E-state index contributed by atoms with van der Waals surface area (Å²) in [5.41, 5.74) is 6.06. The average molecular weight is 363 g/mol. The van der Waals surface area contributed by atoms with Crippen molar-refractivity contribution < 1.29 is 22.8 Å². The van der Waals surface area contributed by atoms with Gasteiger partial charge in [0, 0.05) is 23.9 Å². The Kier molecular flexibility index (Phi) is 5.52. The van der Waals surface area contributed by atoms with Gasteiger partial charge in [0.25, 0.3) is 15.9 Å². The average Bonchev–Trinajstić information content (AvgIpc) is 2.61. The second-order valence-corrected chi connectivity index (χ2v) is 6.96. The third-order valence-electron chi connectivity index (χ3n) is 3.42. The van der Waals surface area contributed by atoms with E-state index in [2.05, 4.69) is 5.32 Å². The SMILES string of the molecule is CON(C)S(=O)(=O)c1cccc(C(=O)Nc2ccc(C(N)=O)cc2)c1. The zero-order valence-corrected chi connectivity index (χ0v) is 14.4. The molecule has 0 radical (unpaired) electrons. The van der Waals surface area contributed by atoms with Gasteiger partial charge in [0.1, 0.15) is 0 Å². The molecule has 0 spiro atoms. The highest BCUT2D eigenvalue weighted by Gasteiger charge is 2.21. The Balaban J connectivity index is 2.23. The molecular formula is C16H17N3O5S. The van der Waals surface area contributed by atoms with Crippen molar-refractivity contribution in [2.75, 3.05) is 19.5 Å². The van der Waals surface area contributed by atoms with Crippen molar-refractivity contribution in [3.05, 3.63) is 59.7 Å². The largest absolute Gasteiger partial charge is 0.366 e. The number of nitrogens with two attached hydrogens (primary N) is 1. The number of hydrogen-bond acceptors (Lipinski definition) is 5. The van der Waals surface area contributed by atoms with E-state index in [0.717, 1.165) is 0 Å². The zero-order valence-electron chi connectivity index (χ0n) is 13.6. The molecule has 0 atom stereocenters. The van der Waals surface area contributed by atoms with Crippen LogP contribution in [0, 0.1) is 0 Å². The molecule has 3 N–H and O–H groups in total. The first-order chi connectivity index (χ1) is 11.8. The predicted molar refractivity (Wildman–Crippen MR) is 91.3 cm³/mol. The van der Waals surface area contributed by atoms with Crippen LogP contribution in [0.1, 0.15) is 20.7 Å². The van der Waals surface area contributed by atoms with Gasteiger partial charge in [0.05, 0.1) is 12.0 Å². The van der Waals surface area contributed by atoms with Crippen LogP contribution in [0.5, 0.6) is 0 Å². The van der Waals surface area contributed by atoms with Gasteiger partial charge in [-0.15, -0.1) is 0 Å². The topological polar surface area (TPSA) is 119 Å². The summed E-state index contributed by atoms with van der Waals surface area (Å²) in [5, 5.41) is 2.62. The van der Waals surface area contributed by atoms with Gasteiger partial charge in [0.2, 0.25) is 5.91 Å². The number of benzene rings is 2. The fraction of sp³-hybridized carbons (Fsp3) is 0.125. The second kappa shape index (κ2) is 7.43. The van der Waals surface area contributed by atoms with Crippen molar-refractivity contribution in [1.29, 1.82) is 0 Å². The summed E-state index contributed by atoms with van der Waals surface area (Å²) in [6, 6.07) is 11.6. The number of carbonyl (C=O) groups excluding carboxylic acids is 2. The smallest absolute Gasteiger partial charge is 0.264 e. The standard InChI is InChI=1S/C16H17N3O5S/c1-19(24-2)25(22,23)14-5-3-4-12(10-14)16(21)18-13-8-6-11(7-9-13)15(17)20/h3-10H,1-2H3,(H2,17,20)(H,18,21). The lowest BCUT2D eigenvalue weighted by molar-refractivity contribution is -0.0258. The highest BCUT2D eigenvalue weighted by Crippen LogP contribution is 2.17. The van der Waals surface area contributed by atoms with E-state index < -0.39 is 21.8 Å². The minimum atomic E-state index is -3.85. The second-order valence-electron chi connectivity index (χ2n) is 5.02. The number of sulfonamides is 1. The van der Waals surface area contributed by atoms with Crippen molar-refractivity contribution in [3.63, 3.8) is 0 Å². The summed E-state index contributed by atoms with van der Waals surface area (Å²) in [6.07, 6.45) is 0. The summed E-state index contributed by atoms with van der Waals surface area (Å²) in [7, 11) is -1.37. The van der Waals surface area contributed by atoms with Crippen LogP contribution in [0.25, 0.3) is 0 Å². The van der Waals surface area contributed by atoms with E-state index in [-0.39, 0.29) is 10.5 Å². The molecule has 0 unspecified atom stereocenters. The molecule has 2 rings (SSSR count). The summed E-state index contributed by atoms with van der Waals surface area (Å²) in [5.74, 6) is -1.07. The molecule has 0 saturated carbocycles. The lowest BCUT2D eigenvalue weighted by Gasteiger charge is -2.14. The molecule has 8 nitrogen and oxygen atoms in total. The molecule has 0 bridgehead atoms. The van der Waals surface area contributed by atoms with Gasteiger partial charge in [-0.05, 0) is 42.5 Å². The van der Waals surface area contributed by atoms with E-state index in [1.165, 1.54) is 62.7 Å². The Morgan fingerprint density at radius 2 is 1.72 bits per heavy atom. The van der Waals surface area contributed by atoms with Crippen LogP contribution in [0.15, 0.2) is 53.4 Å². The molecule has 2 amide bonds. The molecule has 0 aromatic heterocycles. The molecule has 0 aliphatic rings. The normalized spacial score (nSPS) is 11.3. The maximum atomic E-state index is 12.3. The minimum absolute atomic E-state index is 0.0754. The lowest BCUT2D eigenvalue weighted by atomic mass is 10.2. The van der Waals surface area contributed by atoms with Crippen LogP contribution in [-0.2, 0) is 14.9 Å². The van der Waals surface area contributed by atoms with Crippen molar-refractivity contribution in [2.24, 2.45) is 5.73 Å². The van der Waals surface area contributed by atoms with Gasteiger partial charge in [-0.2, -0.15) is 0 Å². The van der Waals surface area contributed by atoms with Gasteiger partial charge in [-0.1, -0.05) is 10.5 Å². The van der Waals surface area contributed by atoms with E-state index in [4.69, 9.17) is 10.6 Å². The molecule has 0 fully saturated rings. The number of amides is 2. The molecule has 2 aromatic carbocycles. The molecule has 25 heavy (non-hydrogen) atoms. The molecule has 9 heteroatoms. The van der Waals surface area contributed by atoms with Crippen molar-refractivity contribution in [3.8, 4) is 0 Å². The maximum Gasteiger partial charge on any atom is 0.264 e. The number of primary amides is 1. The summed E-state index contributed by atoms with van der Waals surface area (Å²) < 4.78 is 25.1. The molecule has 132 valence electrons. The van der Waals surface area contributed by atoms with Crippen LogP contribution in [-0.4, -0.2) is 38.9 Å². The highest BCUT2D eigenvalue weighted by molar-refractivity contribution is 7.89. The minimum Gasteiger partial charge on any atom is -0.366 e. The van der Waals surface area contributed by atoms with E-state index in [1.54, 1.807) is 0 Å². The van der Waals surface area contributed by atoms with Crippen LogP contribution in [0.2, 0.25) is 0 Å². The van der Waals surface area contributed by atoms with Crippen molar-refractivity contribution >= 4 is 27.5 Å². The first-order valence-corrected chi connectivity index (χ1v) is 8.54. The molecule has 0 saturated heterocycles. The molecule has 0 aliphatic carbocycles. The van der Waals surface area contributed by atoms with E-state index in [0.29, 0.717) is 15.7 Å². The molecular weight excluding hydrogens is 346 g/mol. The Labute approximate surface area is 145 Å². The van der Waals surface area contributed by atoms with Gasteiger partial charge < -0.3 is 11.1 Å². The number of carbonyl (C=O) groups is 2. The first kappa shape index (κ1) is 18.6. The number of hydroxylamine groups is 1. The van der Waals surface area contributed by atoms with Gasteiger partial charge in [0.15, 0.2) is 0 Å². The zero-order chi connectivity index (χ0) is 18.6. The van der Waals surface area contributed by atoms with Gasteiger partial charge >= 0.3 is 0 Å². The first-order valence-electron chi connectivity index (χ1n) is 7.10. The number of anilines is 1. The summed E-state index contributed by atoms with van der Waals surface area (Å²) >= 11 is 0. The van der Waals surface area contributed by atoms with E-state index in [9.17, 15) is 18.0 Å². The Bertz CT molecular complexity index is 894. The maximum absolute atomic E-state index is 12.3. The lowest BCUT2D eigenvalue weighted by Crippen LogP contribution is -2.26. The van der Waals surface area contributed by atoms with Crippen molar-refractivity contribution in [2.45, 2.75) is 4.90 Å². The highest BCUT2D eigenvalue weighted by atomic mass is 32.2. The Morgan fingerprint density at radius 3 is 2.28 bits per heavy atom. The van der Waals surface area contributed by atoms with E-state index in [1.807, 2.05) is 0 Å². The third kappa shape index (κ3) is 4.21. The third-order valence-corrected chi connectivity index (χ3v) is 5.09. The summed E-state index contributed by atoms with van der Waals surface area (Å²) in [4.78, 5) is 28.0. The fourth-order valence-corrected chi connectivity index (χ4v) is 2.99. The Morgan fingerprint density at radius 1 is 1.08 bits per heavy atom. The molecule has 0 aliphatic heterocycles. The Hall–Kier alpha value is -2.75. The number of nitrogens with zero attached hydrogens (tertiary/aromatic N) is 1.